The molecule has 1 amide bonds. The average molecular weight is 443 g/mol. The fourth-order valence-electron chi connectivity index (χ4n) is 3.47. The highest BCUT2D eigenvalue weighted by Crippen LogP contribution is 2.25. The lowest BCUT2D eigenvalue weighted by Gasteiger charge is -2.31. The fourth-order valence-corrected chi connectivity index (χ4v) is 5.21. The van der Waals surface area contributed by atoms with Crippen LogP contribution in [0.1, 0.15) is 13.8 Å². The Morgan fingerprint density at radius 2 is 1.65 bits per heavy atom. The van der Waals surface area contributed by atoms with Gasteiger partial charge in [-0.2, -0.15) is 4.31 Å². The third kappa shape index (κ3) is 5.22. The van der Waals surface area contributed by atoms with Gasteiger partial charge in [0.1, 0.15) is 18.4 Å². The summed E-state index contributed by atoms with van der Waals surface area (Å²) in [4.78, 5) is 12.5. The highest BCUT2D eigenvalue weighted by Gasteiger charge is 2.37. The first-order valence-electron chi connectivity index (χ1n) is 9.97. The molecule has 0 saturated heterocycles. The second-order valence-electron chi connectivity index (χ2n) is 7.45. The molecular formula is C23H26N2O5S. The number of carbonyl (C=O) groups excluding carboxylic acids is 1. The zero-order chi connectivity index (χ0) is 22.4. The molecule has 1 unspecified atom stereocenters. The quantitative estimate of drug-likeness (QED) is 0.391. The maximum atomic E-state index is 13.6. The van der Waals surface area contributed by atoms with Gasteiger partial charge in [-0.3, -0.25) is 10.0 Å². The van der Waals surface area contributed by atoms with E-state index >= 15 is 0 Å². The van der Waals surface area contributed by atoms with Crippen molar-refractivity contribution in [3.63, 3.8) is 0 Å². The van der Waals surface area contributed by atoms with Gasteiger partial charge in [0, 0.05) is 6.54 Å². The van der Waals surface area contributed by atoms with Crippen LogP contribution in [0.25, 0.3) is 10.8 Å². The van der Waals surface area contributed by atoms with Gasteiger partial charge in [-0.25, -0.2) is 13.9 Å². The number of hydroxylamine groups is 1. The summed E-state index contributed by atoms with van der Waals surface area (Å²) in [5, 5.41) is 10.9. The topological polar surface area (TPSA) is 95.9 Å². The van der Waals surface area contributed by atoms with E-state index < -0.39 is 22.0 Å². The van der Waals surface area contributed by atoms with Crippen molar-refractivity contribution < 1.29 is 23.2 Å². The number of amides is 1. The second kappa shape index (κ2) is 9.91. The monoisotopic (exact) mass is 442 g/mol. The predicted octanol–water partition coefficient (Wildman–Crippen LogP) is 3.44. The summed E-state index contributed by atoms with van der Waals surface area (Å²) in [6, 6.07) is 20.2. The first-order valence-corrected chi connectivity index (χ1v) is 11.4. The average Bonchev–Trinajstić information content (AvgIpc) is 2.78. The minimum absolute atomic E-state index is 0.0404. The largest absolute Gasteiger partial charge is 0.492 e. The van der Waals surface area contributed by atoms with E-state index in [4.69, 9.17) is 4.74 Å². The van der Waals surface area contributed by atoms with Crippen molar-refractivity contribution in [1.82, 2.24) is 9.79 Å². The third-order valence-electron chi connectivity index (χ3n) is 4.97. The molecule has 3 aromatic rings. The zero-order valence-electron chi connectivity index (χ0n) is 17.4. The van der Waals surface area contributed by atoms with Gasteiger partial charge in [-0.05, 0) is 41.0 Å². The van der Waals surface area contributed by atoms with E-state index in [-0.39, 0.29) is 24.0 Å². The number of benzene rings is 3. The minimum Gasteiger partial charge on any atom is -0.492 e. The molecule has 3 aromatic carbocycles. The van der Waals surface area contributed by atoms with E-state index in [1.807, 2.05) is 42.5 Å². The summed E-state index contributed by atoms with van der Waals surface area (Å²) in [7, 11) is -4.06. The Hall–Kier alpha value is -2.94. The highest BCUT2D eigenvalue weighted by atomic mass is 32.2. The summed E-state index contributed by atoms with van der Waals surface area (Å²) in [6.07, 6.45) is 0. The van der Waals surface area contributed by atoms with Gasteiger partial charge in [0.25, 0.3) is 5.91 Å². The highest BCUT2D eigenvalue weighted by molar-refractivity contribution is 7.89. The van der Waals surface area contributed by atoms with Gasteiger partial charge in [0.05, 0.1) is 4.90 Å². The molecule has 0 aliphatic rings. The van der Waals surface area contributed by atoms with Gasteiger partial charge < -0.3 is 4.74 Å². The molecule has 1 atom stereocenters. The summed E-state index contributed by atoms with van der Waals surface area (Å²) < 4.78 is 34.0. The minimum atomic E-state index is -4.06. The summed E-state index contributed by atoms with van der Waals surface area (Å²) >= 11 is 0. The maximum absolute atomic E-state index is 13.6. The first kappa shape index (κ1) is 22.7. The van der Waals surface area contributed by atoms with E-state index in [2.05, 4.69) is 0 Å². The molecule has 31 heavy (non-hydrogen) atoms. The Morgan fingerprint density at radius 1 is 1.00 bits per heavy atom. The van der Waals surface area contributed by atoms with Crippen molar-refractivity contribution in [3.05, 3.63) is 72.8 Å². The summed E-state index contributed by atoms with van der Waals surface area (Å²) in [6.45, 7) is 3.42. The van der Waals surface area contributed by atoms with E-state index in [0.717, 1.165) is 15.1 Å². The Bertz CT molecular complexity index is 1130. The lowest BCUT2D eigenvalue weighted by molar-refractivity contribution is -0.134. The van der Waals surface area contributed by atoms with E-state index in [9.17, 15) is 18.4 Å². The lowest BCUT2D eigenvalue weighted by atomic mass is 10.0. The number of rotatable bonds is 9. The van der Waals surface area contributed by atoms with E-state index in [0.29, 0.717) is 5.75 Å². The van der Waals surface area contributed by atoms with Crippen molar-refractivity contribution in [2.24, 2.45) is 5.92 Å². The molecule has 0 saturated carbocycles. The van der Waals surface area contributed by atoms with Crippen LogP contribution in [-0.4, -0.2) is 43.0 Å². The van der Waals surface area contributed by atoms with Crippen LogP contribution in [0.4, 0.5) is 0 Å². The number of para-hydroxylation sites is 1. The Balaban J connectivity index is 1.96. The Labute approximate surface area is 182 Å². The van der Waals surface area contributed by atoms with Gasteiger partial charge in [-0.15, -0.1) is 0 Å². The number of sulfonamides is 1. The number of carbonyl (C=O) groups is 1. The van der Waals surface area contributed by atoms with Gasteiger partial charge in [0.2, 0.25) is 10.0 Å². The summed E-state index contributed by atoms with van der Waals surface area (Å²) in [5.74, 6) is -0.587. The lowest BCUT2D eigenvalue weighted by Crippen LogP contribution is -2.52. The zero-order valence-corrected chi connectivity index (χ0v) is 18.2. The standard InChI is InChI=1S/C23H26N2O5S/c1-17(2)22(23(26)24-27)25(14-15-30-20-10-4-3-5-11-20)31(28,29)21-13-12-18-8-6-7-9-19(18)16-21/h3-13,16-17,22,27H,14-15H2,1-2H3,(H,24,26). The Kier molecular flexibility index (Phi) is 7.27. The molecule has 8 heteroatoms. The van der Waals surface area contributed by atoms with Crippen molar-refractivity contribution >= 4 is 26.7 Å². The van der Waals surface area contributed by atoms with Crippen LogP contribution in [0.5, 0.6) is 5.75 Å². The molecule has 3 rings (SSSR count). The second-order valence-corrected chi connectivity index (χ2v) is 9.34. The summed E-state index contributed by atoms with van der Waals surface area (Å²) in [5.41, 5.74) is 1.60. The predicted molar refractivity (Wildman–Crippen MR) is 118 cm³/mol. The van der Waals surface area contributed by atoms with Gasteiger partial charge >= 0.3 is 0 Å². The molecule has 0 radical (unpaired) electrons. The number of hydrogen-bond donors (Lipinski definition) is 2. The molecule has 0 aliphatic heterocycles. The molecule has 2 N–H and O–H groups in total. The van der Waals surface area contributed by atoms with Gasteiger partial charge in [0.15, 0.2) is 0 Å². The van der Waals surface area contributed by atoms with Crippen LogP contribution in [0.2, 0.25) is 0 Å². The van der Waals surface area contributed by atoms with E-state index in [1.54, 1.807) is 43.6 Å². The fraction of sp³-hybridized carbons (Fsp3) is 0.261. The van der Waals surface area contributed by atoms with Crippen molar-refractivity contribution in [3.8, 4) is 5.75 Å². The molecule has 0 fully saturated rings. The van der Waals surface area contributed by atoms with Crippen LogP contribution in [0, 0.1) is 5.92 Å². The van der Waals surface area contributed by atoms with Crippen molar-refractivity contribution in [2.45, 2.75) is 24.8 Å². The molecule has 0 bridgehead atoms. The van der Waals surface area contributed by atoms with Crippen molar-refractivity contribution in [2.75, 3.05) is 13.2 Å². The molecule has 0 spiro atoms. The van der Waals surface area contributed by atoms with Crippen molar-refractivity contribution in [1.29, 1.82) is 0 Å². The first-order chi connectivity index (χ1) is 14.8. The number of hydrogen-bond acceptors (Lipinski definition) is 5. The van der Waals surface area contributed by atoms with Crippen LogP contribution in [0.3, 0.4) is 0 Å². The molecule has 7 nitrogen and oxygen atoms in total. The SMILES string of the molecule is CC(C)C(C(=O)NO)N(CCOc1ccccc1)S(=O)(=O)c1ccc2ccccc2c1. The van der Waals surface area contributed by atoms with Crippen LogP contribution < -0.4 is 10.2 Å². The maximum Gasteiger partial charge on any atom is 0.262 e. The van der Waals surface area contributed by atoms with Gasteiger partial charge in [-0.1, -0.05) is 62.4 Å². The smallest absolute Gasteiger partial charge is 0.262 e. The molecule has 0 heterocycles. The van der Waals surface area contributed by atoms with Crippen LogP contribution in [0.15, 0.2) is 77.7 Å². The number of ether oxygens (including phenoxy) is 1. The molecular weight excluding hydrogens is 416 g/mol. The van der Waals surface area contributed by atoms with E-state index in [1.165, 1.54) is 6.07 Å². The van der Waals surface area contributed by atoms with Crippen LogP contribution >= 0.6 is 0 Å². The Morgan fingerprint density at radius 3 is 2.29 bits per heavy atom. The number of nitrogens with one attached hydrogen (secondary N) is 1. The molecule has 164 valence electrons. The third-order valence-corrected chi connectivity index (χ3v) is 6.85. The number of nitrogens with zero attached hydrogens (tertiary/aromatic N) is 1. The molecule has 0 aliphatic carbocycles. The van der Waals surface area contributed by atoms with Crippen LogP contribution in [-0.2, 0) is 14.8 Å². The normalized spacial score (nSPS) is 12.8. The molecule has 0 aromatic heterocycles. The number of fused-ring (bicyclic) bond motifs is 1.